The summed E-state index contributed by atoms with van der Waals surface area (Å²) in [6.45, 7) is 4.27. The van der Waals surface area contributed by atoms with Gasteiger partial charge in [0.15, 0.2) is 11.6 Å². The molecule has 0 spiro atoms. The number of aromatic nitrogens is 2. The minimum absolute atomic E-state index is 0.115. The van der Waals surface area contributed by atoms with E-state index in [4.69, 9.17) is 9.97 Å². The van der Waals surface area contributed by atoms with Gasteiger partial charge in [0.25, 0.3) is 0 Å². The third-order valence-corrected chi connectivity index (χ3v) is 4.88. The lowest BCUT2D eigenvalue weighted by Gasteiger charge is -2.21. The first-order chi connectivity index (χ1) is 13.7. The average Bonchev–Trinajstić information content (AvgIpc) is 2.75. The number of nitrogens with zero attached hydrogens (tertiary/aromatic N) is 2. The molecule has 28 heavy (non-hydrogen) atoms. The van der Waals surface area contributed by atoms with Gasteiger partial charge in [0, 0.05) is 0 Å². The number of fused-ring (bicyclic) bond motifs is 1. The number of hydrogen-bond donors (Lipinski definition) is 2. The van der Waals surface area contributed by atoms with Crippen LogP contribution in [-0.2, 0) is 0 Å². The van der Waals surface area contributed by atoms with E-state index in [1.54, 1.807) is 0 Å². The van der Waals surface area contributed by atoms with Crippen LogP contribution in [0.1, 0.15) is 37.1 Å². The Bertz CT molecular complexity index is 962. The van der Waals surface area contributed by atoms with Crippen molar-refractivity contribution < 1.29 is 0 Å². The largest absolute Gasteiger partial charge is 0.360 e. The maximum Gasteiger partial charge on any atom is 0.170 e. The van der Waals surface area contributed by atoms with Crippen LogP contribution in [0.3, 0.4) is 0 Å². The van der Waals surface area contributed by atoms with E-state index in [0.717, 1.165) is 22.7 Å². The summed E-state index contributed by atoms with van der Waals surface area (Å²) in [7, 11) is 0. The highest BCUT2D eigenvalue weighted by Gasteiger charge is 2.15. The quantitative estimate of drug-likeness (QED) is 0.440. The molecular weight excluding hydrogens is 344 g/mol. The van der Waals surface area contributed by atoms with Gasteiger partial charge in [-0.05, 0) is 37.1 Å². The van der Waals surface area contributed by atoms with Crippen LogP contribution in [0.15, 0.2) is 84.9 Å². The van der Waals surface area contributed by atoms with Crippen molar-refractivity contribution in [3.8, 4) is 0 Å². The molecule has 2 N–H and O–H groups in total. The smallest absolute Gasteiger partial charge is 0.170 e. The van der Waals surface area contributed by atoms with Gasteiger partial charge in [0.2, 0.25) is 0 Å². The second-order valence-electron chi connectivity index (χ2n) is 6.96. The van der Waals surface area contributed by atoms with Gasteiger partial charge in [-0.3, -0.25) is 0 Å². The molecule has 1 heterocycles. The van der Waals surface area contributed by atoms with E-state index in [9.17, 15) is 0 Å². The van der Waals surface area contributed by atoms with E-state index in [1.165, 1.54) is 11.1 Å². The van der Waals surface area contributed by atoms with Gasteiger partial charge >= 0.3 is 0 Å². The summed E-state index contributed by atoms with van der Waals surface area (Å²) in [5.41, 5.74) is 4.17. The monoisotopic (exact) mass is 368 g/mol. The van der Waals surface area contributed by atoms with Crippen LogP contribution in [0, 0.1) is 0 Å². The van der Waals surface area contributed by atoms with Crippen molar-refractivity contribution in [2.24, 2.45) is 0 Å². The molecule has 4 nitrogen and oxygen atoms in total. The number of anilines is 2. The Kier molecular flexibility index (Phi) is 5.20. The lowest BCUT2D eigenvalue weighted by molar-refractivity contribution is 0.854. The molecule has 0 aliphatic rings. The first-order valence-electron chi connectivity index (χ1n) is 9.60. The molecule has 2 atom stereocenters. The van der Waals surface area contributed by atoms with Crippen LogP contribution < -0.4 is 10.6 Å². The maximum absolute atomic E-state index is 4.85. The highest BCUT2D eigenvalue weighted by atomic mass is 15.1. The van der Waals surface area contributed by atoms with Gasteiger partial charge in [-0.2, -0.15) is 0 Å². The van der Waals surface area contributed by atoms with Crippen molar-refractivity contribution in [1.29, 1.82) is 0 Å². The number of para-hydroxylation sites is 2. The molecule has 0 amide bonds. The summed E-state index contributed by atoms with van der Waals surface area (Å²) in [5.74, 6) is 1.52. The molecule has 0 aliphatic heterocycles. The minimum Gasteiger partial charge on any atom is -0.360 e. The molecule has 0 fully saturated rings. The van der Waals surface area contributed by atoms with E-state index in [2.05, 4.69) is 73.0 Å². The predicted molar refractivity (Wildman–Crippen MR) is 116 cm³/mol. The molecule has 0 saturated carbocycles. The Morgan fingerprint density at radius 1 is 0.536 bits per heavy atom. The Balaban J connectivity index is 1.68. The summed E-state index contributed by atoms with van der Waals surface area (Å²) in [4.78, 5) is 9.70. The third kappa shape index (κ3) is 3.96. The van der Waals surface area contributed by atoms with E-state index >= 15 is 0 Å². The lowest BCUT2D eigenvalue weighted by Crippen LogP contribution is -2.14. The average molecular weight is 368 g/mol. The van der Waals surface area contributed by atoms with Crippen LogP contribution in [0.5, 0.6) is 0 Å². The van der Waals surface area contributed by atoms with Crippen molar-refractivity contribution in [2.45, 2.75) is 25.9 Å². The number of nitrogens with one attached hydrogen (secondary N) is 2. The molecular formula is C24H24N4. The first kappa shape index (κ1) is 18.0. The number of rotatable bonds is 6. The summed E-state index contributed by atoms with van der Waals surface area (Å²) < 4.78 is 0. The second kappa shape index (κ2) is 8.09. The summed E-state index contributed by atoms with van der Waals surface area (Å²) in [5, 5.41) is 7.08. The Morgan fingerprint density at radius 3 is 1.29 bits per heavy atom. The fourth-order valence-electron chi connectivity index (χ4n) is 3.26. The van der Waals surface area contributed by atoms with E-state index < -0.39 is 0 Å². The summed E-state index contributed by atoms with van der Waals surface area (Å²) in [6, 6.07) is 28.9. The molecule has 0 radical (unpaired) electrons. The molecule has 0 saturated heterocycles. The standard InChI is InChI=1S/C24H24N4/c1-17(19-11-5-3-6-12-19)25-23-24(26-18(2)20-13-7-4-8-14-20)28-22-16-10-9-15-21(22)27-23/h3-18H,1-2H3,(H,25,27)(H,26,28)/t17-,18+. The van der Waals surface area contributed by atoms with Crippen LogP contribution in [0.4, 0.5) is 11.6 Å². The van der Waals surface area contributed by atoms with E-state index in [1.807, 2.05) is 36.4 Å². The predicted octanol–water partition coefficient (Wildman–Crippen LogP) is 5.98. The molecule has 4 rings (SSSR count). The van der Waals surface area contributed by atoms with Crippen molar-refractivity contribution in [1.82, 2.24) is 9.97 Å². The maximum atomic E-state index is 4.85. The zero-order chi connectivity index (χ0) is 19.3. The Hall–Kier alpha value is -3.40. The second-order valence-corrected chi connectivity index (χ2v) is 6.96. The molecule has 4 aromatic rings. The number of hydrogen-bond acceptors (Lipinski definition) is 4. The van der Waals surface area contributed by atoms with Gasteiger partial charge in [0.05, 0.1) is 23.1 Å². The molecule has 140 valence electrons. The fourth-order valence-corrected chi connectivity index (χ4v) is 3.26. The van der Waals surface area contributed by atoms with Gasteiger partial charge in [-0.1, -0.05) is 72.8 Å². The van der Waals surface area contributed by atoms with Crippen LogP contribution in [0.25, 0.3) is 11.0 Å². The fraction of sp³-hybridized carbons (Fsp3) is 0.167. The molecule has 4 heteroatoms. The van der Waals surface area contributed by atoms with E-state index in [0.29, 0.717) is 0 Å². The van der Waals surface area contributed by atoms with Gasteiger partial charge in [0.1, 0.15) is 0 Å². The highest BCUT2D eigenvalue weighted by Crippen LogP contribution is 2.28. The van der Waals surface area contributed by atoms with Crippen LogP contribution in [0.2, 0.25) is 0 Å². The molecule has 0 aliphatic carbocycles. The zero-order valence-corrected chi connectivity index (χ0v) is 16.1. The van der Waals surface area contributed by atoms with Crippen molar-refractivity contribution in [3.63, 3.8) is 0 Å². The van der Waals surface area contributed by atoms with Gasteiger partial charge in [-0.15, -0.1) is 0 Å². The molecule has 0 bridgehead atoms. The highest BCUT2D eigenvalue weighted by molar-refractivity contribution is 5.80. The SMILES string of the molecule is C[C@H](Nc1nc2ccccc2nc1N[C@H](C)c1ccccc1)c1ccccc1. The minimum atomic E-state index is 0.115. The lowest BCUT2D eigenvalue weighted by atomic mass is 10.1. The molecule has 0 unspecified atom stereocenters. The molecule has 1 aromatic heterocycles. The molecule has 3 aromatic carbocycles. The number of benzene rings is 3. The van der Waals surface area contributed by atoms with Crippen LogP contribution in [-0.4, -0.2) is 9.97 Å². The summed E-state index contributed by atoms with van der Waals surface area (Å²) in [6.07, 6.45) is 0. The van der Waals surface area contributed by atoms with Crippen molar-refractivity contribution >= 4 is 22.7 Å². The summed E-state index contributed by atoms with van der Waals surface area (Å²) >= 11 is 0. The van der Waals surface area contributed by atoms with Crippen molar-refractivity contribution in [2.75, 3.05) is 10.6 Å². The normalized spacial score (nSPS) is 13.1. The first-order valence-corrected chi connectivity index (χ1v) is 9.60. The van der Waals surface area contributed by atoms with E-state index in [-0.39, 0.29) is 12.1 Å². The Labute approximate surface area is 165 Å². The van der Waals surface area contributed by atoms with Gasteiger partial charge < -0.3 is 10.6 Å². The zero-order valence-electron chi connectivity index (χ0n) is 16.1. The van der Waals surface area contributed by atoms with Crippen molar-refractivity contribution in [3.05, 3.63) is 96.1 Å². The third-order valence-electron chi connectivity index (χ3n) is 4.88. The Morgan fingerprint density at radius 2 is 0.893 bits per heavy atom. The van der Waals surface area contributed by atoms with Crippen LogP contribution >= 0.6 is 0 Å². The topological polar surface area (TPSA) is 49.8 Å². The van der Waals surface area contributed by atoms with Gasteiger partial charge in [-0.25, -0.2) is 9.97 Å².